The van der Waals surface area contributed by atoms with Crippen LogP contribution in [-0.2, 0) is 25.8 Å². The van der Waals surface area contributed by atoms with Crippen molar-refractivity contribution in [2.24, 2.45) is 0 Å². The number of aromatic nitrogens is 3. The zero-order chi connectivity index (χ0) is 10.8. The molecule has 3 heterocycles. The zero-order valence-corrected chi connectivity index (χ0v) is 9.22. The summed E-state index contributed by atoms with van der Waals surface area (Å²) in [7, 11) is 0. The average Bonchev–Trinajstić information content (AvgIpc) is 2.96. The van der Waals surface area contributed by atoms with Gasteiger partial charge in [-0.2, -0.15) is 0 Å². The summed E-state index contributed by atoms with van der Waals surface area (Å²) >= 11 is 0. The fourth-order valence-corrected chi connectivity index (χ4v) is 2.24. The van der Waals surface area contributed by atoms with Gasteiger partial charge in [0.15, 0.2) is 0 Å². The van der Waals surface area contributed by atoms with E-state index in [-0.39, 0.29) is 0 Å². The van der Waals surface area contributed by atoms with Gasteiger partial charge in [0, 0.05) is 25.8 Å². The van der Waals surface area contributed by atoms with E-state index in [9.17, 15) is 0 Å². The molecule has 1 aliphatic rings. The number of hydrogen-bond donors (Lipinski definition) is 0. The molecule has 0 saturated heterocycles. The summed E-state index contributed by atoms with van der Waals surface area (Å²) in [6.45, 7) is 1.08. The van der Waals surface area contributed by atoms with Crippen LogP contribution < -0.4 is 0 Å². The Morgan fingerprint density at radius 3 is 3.12 bits per heavy atom. The molecule has 0 unspecified atom stereocenters. The first-order valence-electron chi connectivity index (χ1n) is 5.87. The SMILES string of the molecule is c1coc(CCc2nnc3n2CCCC3)c1. The topological polar surface area (TPSA) is 43.9 Å². The molecule has 2 aromatic heterocycles. The predicted molar refractivity (Wildman–Crippen MR) is 59.1 cm³/mol. The van der Waals surface area contributed by atoms with Crippen molar-refractivity contribution in [3.63, 3.8) is 0 Å². The van der Waals surface area contributed by atoms with Crippen molar-refractivity contribution in [2.45, 2.75) is 38.6 Å². The van der Waals surface area contributed by atoms with Gasteiger partial charge >= 0.3 is 0 Å². The average molecular weight is 217 g/mol. The molecule has 0 radical (unpaired) electrons. The van der Waals surface area contributed by atoms with Crippen LogP contribution in [-0.4, -0.2) is 14.8 Å². The fourth-order valence-electron chi connectivity index (χ4n) is 2.24. The van der Waals surface area contributed by atoms with Crippen LogP contribution in [0.15, 0.2) is 22.8 Å². The Hall–Kier alpha value is -1.58. The lowest BCUT2D eigenvalue weighted by atomic mass is 10.1. The maximum Gasteiger partial charge on any atom is 0.133 e. The maximum absolute atomic E-state index is 5.32. The number of fused-ring (bicyclic) bond motifs is 1. The first-order chi connectivity index (χ1) is 7.93. The standard InChI is InChI=1S/C12H15N3O/c1-2-8-15-11(5-1)13-14-12(15)7-6-10-4-3-9-16-10/h3-4,9H,1-2,5-8H2. The van der Waals surface area contributed by atoms with Gasteiger partial charge in [-0.15, -0.1) is 10.2 Å². The highest BCUT2D eigenvalue weighted by Gasteiger charge is 2.15. The second-order valence-electron chi connectivity index (χ2n) is 4.22. The lowest BCUT2D eigenvalue weighted by Crippen LogP contribution is -2.13. The van der Waals surface area contributed by atoms with E-state index in [1.165, 1.54) is 12.8 Å². The Balaban J connectivity index is 1.72. The lowest BCUT2D eigenvalue weighted by Gasteiger charge is -2.14. The second kappa shape index (κ2) is 4.12. The van der Waals surface area contributed by atoms with Gasteiger partial charge in [-0.05, 0) is 25.0 Å². The summed E-state index contributed by atoms with van der Waals surface area (Å²) in [4.78, 5) is 0. The lowest BCUT2D eigenvalue weighted by molar-refractivity contribution is 0.487. The smallest absolute Gasteiger partial charge is 0.133 e. The van der Waals surface area contributed by atoms with Crippen molar-refractivity contribution in [3.8, 4) is 0 Å². The van der Waals surface area contributed by atoms with Crippen LogP contribution in [0.25, 0.3) is 0 Å². The molecule has 0 spiro atoms. The molecule has 1 aliphatic heterocycles. The van der Waals surface area contributed by atoms with Gasteiger partial charge < -0.3 is 8.98 Å². The van der Waals surface area contributed by atoms with Gasteiger partial charge in [0.2, 0.25) is 0 Å². The number of nitrogens with zero attached hydrogens (tertiary/aromatic N) is 3. The first kappa shape index (κ1) is 9.63. The van der Waals surface area contributed by atoms with Gasteiger partial charge in [-0.1, -0.05) is 0 Å². The fraction of sp³-hybridized carbons (Fsp3) is 0.500. The third kappa shape index (κ3) is 1.75. The minimum absolute atomic E-state index is 0.908. The maximum atomic E-state index is 5.32. The summed E-state index contributed by atoms with van der Waals surface area (Å²) in [5, 5.41) is 8.51. The summed E-state index contributed by atoms with van der Waals surface area (Å²) < 4.78 is 7.59. The molecule has 0 fully saturated rings. The van der Waals surface area contributed by atoms with E-state index in [4.69, 9.17) is 4.42 Å². The van der Waals surface area contributed by atoms with E-state index >= 15 is 0 Å². The van der Waals surface area contributed by atoms with E-state index in [2.05, 4.69) is 14.8 Å². The van der Waals surface area contributed by atoms with E-state index in [1.54, 1.807) is 6.26 Å². The largest absolute Gasteiger partial charge is 0.469 e. The van der Waals surface area contributed by atoms with Crippen molar-refractivity contribution >= 4 is 0 Å². The predicted octanol–water partition coefficient (Wildman–Crippen LogP) is 1.99. The molecule has 0 bridgehead atoms. The van der Waals surface area contributed by atoms with Gasteiger partial charge in [-0.3, -0.25) is 0 Å². The van der Waals surface area contributed by atoms with Crippen molar-refractivity contribution < 1.29 is 4.42 Å². The summed E-state index contributed by atoms with van der Waals surface area (Å²) in [6.07, 6.45) is 7.11. The van der Waals surface area contributed by atoms with Crippen LogP contribution in [0.4, 0.5) is 0 Å². The first-order valence-corrected chi connectivity index (χ1v) is 5.87. The Bertz CT molecular complexity index is 459. The van der Waals surface area contributed by atoms with E-state index in [0.717, 1.165) is 43.2 Å². The van der Waals surface area contributed by atoms with Crippen molar-refractivity contribution in [3.05, 3.63) is 35.8 Å². The summed E-state index contributed by atoms with van der Waals surface area (Å²) in [5.74, 6) is 3.28. The van der Waals surface area contributed by atoms with Crippen LogP contribution in [0.2, 0.25) is 0 Å². The van der Waals surface area contributed by atoms with Gasteiger partial charge in [0.05, 0.1) is 6.26 Å². The number of rotatable bonds is 3. The second-order valence-corrected chi connectivity index (χ2v) is 4.22. The number of aryl methyl sites for hydroxylation is 3. The van der Waals surface area contributed by atoms with Crippen molar-refractivity contribution in [2.75, 3.05) is 0 Å². The molecule has 3 rings (SSSR count). The summed E-state index contributed by atoms with van der Waals surface area (Å²) in [5.41, 5.74) is 0. The van der Waals surface area contributed by atoms with Crippen molar-refractivity contribution in [1.82, 2.24) is 14.8 Å². The van der Waals surface area contributed by atoms with Crippen molar-refractivity contribution in [1.29, 1.82) is 0 Å². The molecule has 16 heavy (non-hydrogen) atoms. The Kier molecular flexibility index (Phi) is 2.48. The van der Waals surface area contributed by atoms with Crippen LogP contribution in [0, 0.1) is 0 Å². The monoisotopic (exact) mass is 217 g/mol. The van der Waals surface area contributed by atoms with Gasteiger partial charge in [0.25, 0.3) is 0 Å². The molecule has 0 atom stereocenters. The number of hydrogen-bond acceptors (Lipinski definition) is 3. The van der Waals surface area contributed by atoms with E-state index in [1.807, 2.05) is 12.1 Å². The highest BCUT2D eigenvalue weighted by molar-refractivity contribution is 5.03. The third-order valence-corrected chi connectivity index (χ3v) is 3.11. The molecule has 4 heteroatoms. The van der Waals surface area contributed by atoms with Crippen LogP contribution in [0.1, 0.15) is 30.3 Å². The highest BCUT2D eigenvalue weighted by atomic mass is 16.3. The van der Waals surface area contributed by atoms with E-state index < -0.39 is 0 Å². The molecule has 84 valence electrons. The van der Waals surface area contributed by atoms with Crippen LogP contribution >= 0.6 is 0 Å². The molecular formula is C12H15N3O. The Labute approximate surface area is 94.3 Å². The van der Waals surface area contributed by atoms with E-state index in [0.29, 0.717) is 0 Å². The number of furan rings is 1. The molecular weight excluding hydrogens is 202 g/mol. The Morgan fingerprint density at radius 2 is 2.25 bits per heavy atom. The Morgan fingerprint density at radius 1 is 1.25 bits per heavy atom. The van der Waals surface area contributed by atoms with Gasteiger partial charge in [0.1, 0.15) is 17.4 Å². The highest BCUT2D eigenvalue weighted by Crippen LogP contribution is 2.15. The zero-order valence-electron chi connectivity index (χ0n) is 9.22. The molecule has 0 aromatic carbocycles. The normalized spacial score (nSPS) is 15.0. The molecule has 0 N–H and O–H groups in total. The molecule has 2 aromatic rings. The molecule has 0 aliphatic carbocycles. The quantitative estimate of drug-likeness (QED) is 0.789. The minimum Gasteiger partial charge on any atom is -0.469 e. The van der Waals surface area contributed by atoms with Crippen LogP contribution in [0.3, 0.4) is 0 Å². The minimum atomic E-state index is 0.908. The van der Waals surface area contributed by atoms with Crippen LogP contribution in [0.5, 0.6) is 0 Å². The third-order valence-electron chi connectivity index (χ3n) is 3.11. The molecule has 0 amide bonds. The summed E-state index contributed by atoms with van der Waals surface area (Å²) in [6, 6.07) is 3.93. The van der Waals surface area contributed by atoms with Gasteiger partial charge in [-0.25, -0.2) is 0 Å². The molecule has 4 nitrogen and oxygen atoms in total. The molecule has 0 saturated carbocycles.